The molecule has 0 spiro atoms. The summed E-state index contributed by atoms with van der Waals surface area (Å²) in [6.07, 6.45) is -2.94. The van der Waals surface area contributed by atoms with E-state index in [1.54, 1.807) is 18.3 Å². The van der Waals surface area contributed by atoms with Gasteiger partial charge in [0.15, 0.2) is 6.61 Å². The van der Waals surface area contributed by atoms with Crippen molar-refractivity contribution >= 4 is 17.7 Å². The number of halogens is 3. The van der Waals surface area contributed by atoms with Gasteiger partial charge >= 0.3 is 12.1 Å². The minimum absolute atomic E-state index is 0.0470. The van der Waals surface area contributed by atoms with Gasteiger partial charge in [-0.2, -0.15) is 18.2 Å². The molecule has 0 radical (unpaired) electrons. The van der Waals surface area contributed by atoms with Crippen molar-refractivity contribution in [3.8, 4) is 11.4 Å². The number of ether oxygens (including phenoxy) is 1. The van der Waals surface area contributed by atoms with Crippen LogP contribution in [0.3, 0.4) is 0 Å². The summed E-state index contributed by atoms with van der Waals surface area (Å²) in [5.74, 6) is 0.428. The molecule has 0 saturated heterocycles. The van der Waals surface area contributed by atoms with Crippen molar-refractivity contribution in [1.82, 2.24) is 20.3 Å². The molecule has 0 bridgehead atoms. The lowest BCUT2D eigenvalue weighted by molar-refractivity contribution is -0.137. The van der Waals surface area contributed by atoms with E-state index in [2.05, 4.69) is 20.3 Å². The van der Waals surface area contributed by atoms with E-state index in [4.69, 9.17) is 13.8 Å². The van der Waals surface area contributed by atoms with Gasteiger partial charge in [-0.1, -0.05) is 22.4 Å². The van der Waals surface area contributed by atoms with Crippen LogP contribution in [0.1, 0.15) is 38.8 Å². The van der Waals surface area contributed by atoms with Crippen LogP contribution in [0.15, 0.2) is 56.7 Å². The minimum Gasteiger partial charge on any atom is -0.452 e. The molecule has 1 aromatic carbocycles. The van der Waals surface area contributed by atoms with Gasteiger partial charge in [-0.3, -0.25) is 0 Å². The number of esters is 1. The molecule has 3 heterocycles. The van der Waals surface area contributed by atoms with E-state index in [0.717, 1.165) is 23.4 Å². The van der Waals surface area contributed by atoms with Crippen molar-refractivity contribution in [3.05, 3.63) is 76.6 Å². The van der Waals surface area contributed by atoms with Gasteiger partial charge in [0.25, 0.3) is 5.89 Å². The number of hydrogen-bond acceptors (Lipinski definition) is 9. The van der Waals surface area contributed by atoms with Gasteiger partial charge in [0, 0.05) is 23.1 Å². The Bertz CT molecular complexity index is 1300. The molecule has 176 valence electrons. The third-order valence-corrected chi connectivity index (χ3v) is 5.80. The van der Waals surface area contributed by atoms with Gasteiger partial charge in [-0.05, 0) is 38.1 Å². The monoisotopic (exact) mass is 490 g/mol. The third-order valence-electron chi connectivity index (χ3n) is 4.77. The molecule has 0 N–H and O–H groups in total. The molecule has 3 aromatic heterocycles. The number of nitrogens with zero attached hydrogens (tertiary/aromatic N) is 4. The van der Waals surface area contributed by atoms with Crippen molar-refractivity contribution in [2.24, 2.45) is 0 Å². The van der Waals surface area contributed by atoms with E-state index in [1.807, 2.05) is 13.8 Å². The molecule has 4 aromatic rings. The van der Waals surface area contributed by atoms with Crippen LogP contribution in [-0.2, 0) is 23.3 Å². The summed E-state index contributed by atoms with van der Waals surface area (Å²) in [4.78, 5) is 20.9. The van der Waals surface area contributed by atoms with E-state index < -0.39 is 17.7 Å². The summed E-state index contributed by atoms with van der Waals surface area (Å²) in [5, 5.41) is 8.05. The van der Waals surface area contributed by atoms with E-state index in [-0.39, 0.29) is 29.4 Å². The second-order valence-electron chi connectivity index (χ2n) is 7.11. The number of hydrogen-bond donors (Lipinski definition) is 0. The summed E-state index contributed by atoms with van der Waals surface area (Å²) in [7, 11) is 0. The minimum atomic E-state index is -4.50. The molecular formula is C22H17F3N4O4S. The molecule has 0 unspecified atom stereocenters. The molecule has 0 saturated carbocycles. The maximum Gasteiger partial charge on any atom is 0.416 e. The second-order valence-corrected chi connectivity index (χ2v) is 8.08. The average molecular weight is 490 g/mol. The Hall–Kier alpha value is -3.67. The summed E-state index contributed by atoms with van der Waals surface area (Å²) in [6, 6.07) is 7.72. The van der Waals surface area contributed by atoms with Gasteiger partial charge < -0.3 is 13.8 Å². The van der Waals surface area contributed by atoms with Crippen LogP contribution in [0.4, 0.5) is 13.2 Å². The molecule has 8 nitrogen and oxygen atoms in total. The lowest BCUT2D eigenvalue weighted by Gasteiger charge is -2.07. The lowest BCUT2D eigenvalue weighted by atomic mass is 10.1. The van der Waals surface area contributed by atoms with Gasteiger partial charge in [0.05, 0.1) is 16.8 Å². The van der Waals surface area contributed by atoms with Crippen LogP contribution in [0.25, 0.3) is 11.4 Å². The van der Waals surface area contributed by atoms with E-state index in [1.165, 1.54) is 23.9 Å². The molecular weight excluding hydrogens is 473 g/mol. The third kappa shape index (κ3) is 5.28. The van der Waals surface area contributed by atoms with E-state index in [0.29, 0.717) is 16.5 Å². The molecule has 34 heavy (non-hydrogen) atoms. The number of rotatable bonds is 7. The SMILES string of the molecule is Cc1noc(C)c1CSc1ncccc1C(=O)OCc1nc(-c2cccc(C(F)(F)F)c2)no1. The van der Waals surface area contributed by atoms with Crippen LogP contribution in [0.2, 0.25) is 0 Å². The van der Waals surface area contributed by atoms with Gasteiger partial charge in [0.1, 0.15) is 10.8 Å². The number of aryl methyl sites for hydroxylation is 2. The quantitative estimate of drug-likeness (QED) is 0.249. The highest BCUT2D eigenvalue weighted by Gasteiger charge is 2.30. The molecule has 0 aliphatic carbocycles. The first-order valence-electron chi connectivity index (χ1n) is 9.89. The highest BCUT2D eigenvalue weighted by atomic mass is 32.2. The van der Waals surface area contributed by atoms with Crippen molar-refractivity contribution in [2.45, 2.75) is 37.4 Å². The van der Waals surface area contributed by atoms with Crippen molar-refractivity contribution in [1.29, 1.82) is 0 Å². The predicted molar refractivity (Wildman–Crippen MR) is 114 cm³/mol. The van der Waals surface area contributed by atoms with Crippen LogP contribution >= 0.6 is 11.8 Å². The summed E-state index contributed by atoms with van der Waals surface area (Å²) >= 11 is 1.33. The zero-order valence-corrected chi connectivity index (χ0v) is 18.7. The van der Waals surface area contributed by atoms with Crippen molar-refractivity contribution in [3.63, 3.8) is 0 Å². The summed E-state index contributed by atoms with van der Waals surface area (Å²) < 4.78 is 54.2. The number of carbonyl (C=O) groups is 1. The van der Waals surface area contributed by atoms with Gasteiger partial charge in [0.2, 0.25) is 5.82 Å². The second kappa shape index (κ2) is 9.67. The number of pyridine rings is 1. The highest BCUT2D eigenvalue weighted by Crippen LogP contribution is 2.31. The molecule has 0 aliphatic heterocycles. The first kappa shape index (κ1) is 23.5. The van der Waals surface area contributed by atoms with Crippen LogP contribution in [0.5, 0.6) is 0 Å². The fraction of sp³-hybridized carbons (Fsp3) is 0.227. The Balaban J connectivity index is 1.42. The number of alkyl halides is 3. The van der Waals surface area contributed by atoms with Crippen LogP contribution < -0.4 is 0 Å². The molecule has 12 heteroatoms. The summed E-state index contributed by atoms with van der Waals surface area (Å²) in [5.41, 5.74) is 1.22. The molecule has 0 amide bonds. The van der Waals surface area contributed by atoms with E-state index >= 15 is 0 Å². The van der Waals surface area contributed by atoms with Gasteiger partial charge in [-0.25, -0.2) is 9.78 Å². The van der Waals surface area contributed by atoms with Crippen molar-refractivity contribution in [2.75, 3.05) is 0 Å². The predicted octanol–water partition coefficient (Wildman–Crippen LogP) is 5.40. The lowest BCUT2D eigenvalue weighted by Crippen LogP contribution is -2.08. The van der Waals surface area contributed by atoms with Gasteiger partial charge in [-0.15, -0.1) is 11.8 Å². The Morgan fingerprint density at radius 1 is 1.12 bits per heavy atom. The number of thioether (sulfide) groups is 1. The Morgan fingerprint density at radius 2 is 1.94 bits per heavy atom. The molecule has 0 fully saturated rings. The largest absolute Gasteiger partial charge is 0.452 e. The zero-order valence-electron chi connectivity index (χ0n) is 17.9. The topological polar surface area (TPSA) is 104 Å². The van der Waals surface area contributed by atoms with Crippen LogP contribution in [-0.4, -0.2) is 26.3 Å². The number of benzene rings is 1. The van der Waals surface area contributed by atoms with E-state index in [9.17, 15) is 18.0 Å². The van der Waals surface area contributed by atoms with Crippen molar-refractivity contribution < 1.29 is 31.7 Å². The Kier molecular flexibility index (Phi) is 6.68. The average Bonchev–Trinajstić information content (AvgIpc) is 3.42. The fourth-order valence-corrected chi connectivity index (χ4v) is 4.12. The fourth-order valence-electron chi connectivity index (χ4n) is 2.98. The molecule has 4 rings (SSSR count). The number of carbonyl (C=O) groups excluding carboxylic acids is 1. The standard InChI is InChI=1S/C22H17F3N4O4S/c1-12-17(13(2)32-28-12)11-34-20-16(7-4-8-26-20)21(30)31-10-18-27-19(29-33-18)14-5-3-6-15(9-14)22(23,24)25/h3-9H,10-11H2,1-2H3. The molecule has 0 aliphatic rings. The van der Waals surface area contributed by atoms with Crippen LogP contribution in [0, 0.1) is 13.8 Å². The zero-order chi connectivity index (χ0) is 24.3. The Morgan fingerprint density at radius 3 is 2.68 bits per heavy atom. The first-order valence-corrected chi connectivity index (χ1v) is 10.9. The smallest absolute Gasteiger partial charge is 0.416 e. The Labute approximate surface area is 195 Å². The highest BCUT2D eigenvalue weighted by molar-refractivity contribution is 7.98. The first-order chi connectivity index (χ1) is 16.2. The maximum atomic E-state index is 12.9. The number of aromatic nitrogens is 4. The maximum absolute atomic E-state index is 12.9. The summed E-state index contributed by atoms with van der Waals surface area (Å²) in [6.45, 7) is 3.28. The molecule has 0 atom stereocenters. The normalized spacial score (nSPS) is 11.6.